The van der Waals surface area contributed by atoms with E-state index in [1.165, 1.54) is 94.7 Å². The van der Waals surface area contributed by atoms with Gasteiger partial charge in [0.25, 0.3) is 0 Å². The summed E-state index contributed by atoms with van der Waals surface area (Å²) in [6, 6.07) is 0. The molecule has 0 heteroatoms. The average molecular weight is 290 g/mol. The third-order valence-electron chi connectivity index (χ3n) is 13.4. The Balaban J connectivity index is 1.29. The molecular weight excluding hydrogens is 264 g/mol. The summed E-state index contributed by atoms with van der Waals surface area (Å²) in [5.74, 6) is 20.4. The van der Waals surface area contributed by atoms with Crippen molar-refractivity contribution in [3.05, 3.63) is 0 Å². The van der Waals surface area contributed by atoms with Gasteiger partial charge in [0.1, 0.15) is 0 Å². The molecule has 0 nitrogen and oxygen atoms in total. The minimum absolute atomic E-state index is 0.974. The van der Waals surface area contributed by atoms with Gasteiger partial charge in [0.2, 0.25) is 0 Å². The van der Waals surface area contributed by atoms with E-state index in [9.17, 15) is 0 Å². The molecule has 114 valence electrons. The van der Waals surface area contributed by atoms with Crippen LogP contribution in [0.4, 0.5) is 0 Å². The minimum Gasteiger partial charge on any atom is -0.0465 e. The maximum absolute atomic E-state index is 1.79. The zero-order valence-corrected chi connectivity index (χ0v) is 13.3. The minimum atomic E-state index is 0.974. The van der Waals surface area contributed by atoms with Crippen molar-refractivity contribution < 1.29 is 0 Å². The summed E-state index contributed by atoms with van der Waals surface area (Å²) in [5.41, 5.74) is 0.974. The lowest BCUT2D eigenvalue weighted by molar-refractivity contribution is -0.161. The van der Waals surface area contributed by atoms with Crippen LogP contribution in [-0.2, 0) is 0 Å². The van der Waals surface area contributed by atoms with E-state index >= 15 is 0 Å². The van der Waals surface area contributed by atoms with Crippen LogP contribution in [0.3, 0.4) is 0 Å². The van der Waals surface area contributed by atoms with Crippen LogP contribution in [0.2, 0.25) is 0 Å². The van der Waals surface area contributed by atoms with Crippen LogP contribution in [0.1, 0.15) is 32.1 Å². The standard InChI is InChI=1S/C22H26/c1-6-7-2-11-15(6)14-5-22(19(11)16(7)10(1)14)20-12-3-8-9-4-13(17(8)20)21(22)18(9)12/h6-21H,1-5H2. The predicted octanol–water partition coefficient (Wildman–Crippen LogP) is 3.92. The third kappa shape index (κ3) is 0.586. The van der Waals surface area contributed by atoms with E-state index in [1.54, 1.807) is 32.1 Å². The molecule has 0 aromatic heterocycles. The van der Waals surface area contributed by atoms with Crippen molar-refractivity contribution in [3.8, 4) is 0 Å². The van der Waals surface area contributed by atoms with Crippen molar-refractivity contribution in [2.45, 2.75) is 32.1 Å². The highest BCUT2D eigenvalue weighted by Gasteiger charge is 2.90. The summed E-state index contributed by atoms with van der Waals surface area (Å²) < 4.78 is 0. The van der Waals surface area contributed by atoms with Gasteiger partial charge >= 0.3 is 0 Å². The van der Waals surface area contributed by atoms with E-state index in [1.807, 2.05) is 0 Å². The van der Waals surface area contributed by atoms with Gasteiger partial charge in [-0.3, -0.25) is 0 Å². The first-order valence-electron chi connectivity index (χ1n) is 10.9. The summed E-state index contributed by atoms with van der Waals surface area (Å²) in [6.07, 6.45) is 8.69. The molecule has 1 spiro atoms. The topological polar surface area (TPSA) is 0 Å². The predicted molar refractivity (Wildman–Crippen MR) is 81.4 cm³/mol. The Morgan fingerprint density at radius 1 is 0.409 bits per heavy atom. The second-order valence-corrected chi connectivity index (χ2v) is 12.1. The lowest BCUT2D eigenvalue weighted by Crippen LogP contribution is -2.59. The highest BCUT2D eigenvalue weighted by Crippen LogP contribution is 2.95. The first-order chi connectivity index (χ1) is 10.9. The summed E-state index contributed by atoms with van der Waals surface area (Å²) in [7, 11) is 0. The van der Waals surface area contributed by atoms with Crippen LogP contribution in [0.5, 0.6) is 0 Å². The molecule has 0 saturated heterocycles. The Labute approximate surface area is 132 Å². The Morgan fingerprint density at radius 3 is 1.45 bits per heavy atom. The van der Waals surface area contributed by atoms with Crippen molar-refractivity contribution in [2.24, 2.45) is 100 Å². The van der Waals surface area contributed by atoms with Crippen LogP contribution < -0.4 is 0 Å². The molecule has 12 aliphatic carbocycles. The van der Waals surface area contributed by atoms with E-state index in [0.29, 0.717) is 0 Å². The molecule has 16 unspecified atom stereocenters. The van der Waals surface area contributed by atoms with Crippen molar-refractivity contribution in [1.29, 1.82) is 0 Å². The van der Waals surface area contributed by atoms with Gasteiger partial charge in [0.15, 0.2) is 0 Å². The van der Waals surface area contributed by atoms with E-state index in [0.717, 1.165) is 5.41 Å². The lowest BCUT2D eigenvalue weighted by Gasteiger charge is -2.63. The van der Waals surface area contributed by atoms with Crippen molar-refractivity contribution in [3.63, 3.8) is 0 Å². The smallest absolute Gasteiger partial charge is 0.0193 e. The lowest BCUT2D eigenvalue weighted by atomic mass is 9.41. The van der Waals surface area contributed by atoms with Gasteiger partial charge in [-0.15, -0.1) is 0 Å². The molecule has 0 amide bonds. The van der Waals surface area contributed by atoms with Crippen LogP contribution in [0.25, 0.3) is 0 Å². The molecule has 22 heavy (non-hydrogen) atoms. The molecule has 12 bridgehead atoms. The van der Waals surface area contributed by atoms with Crippen molar-refractivity contribution in [1.82, 2.24) is 0 Å². The molecule has 0 heterocycles. The fraction of sp³-hybridized carbons (Fsp3) is 1.00. The fourth-order valence-corrected chi connectivity index (χ4v) is 14.7. The van der Waals surface area contributed by atoms with Gasteiger partial charge < -0.3 is 0 Å². The van der Waals surface area contributed by atoms with Crippen LogP contribution in [-0.4, -0.2) is 0 Å². The number of hydrogen-bond donors (Lipinski definition) is 0. The van der Waals surface area contributed by atoms with Crippen LogP contribution in [0.15, 0.2) is 0 Å². The van der Waals surface area contributed by atoms with E-state index in [2.05, 4.69) is 0 Å². The van der Waals surface area contributed by atoms with Gasteiger partial charge in [-0.2, -0.15) is 0 Å². The van der Waals surface area contributed by atoms with E-state index in [4.69, 9.17) is 0 Å². The molecule has 0 radical (unpaired) electrons. The second kappa shape index (κ2) is 2.41. The monoisotopic (exact) mass is 290 g/mol. The first-order valence-corrected chi connectivity index (χ1v) is 10.9. The summed E-state index contributed by atoms with van der Waals surface area (Å²) in [6.45, 7) is 0. The SMILES string of the molecule is C1C2C3CC4C2C2CC5(C4C3C12)C1C2CC3C4CC(C31)C5C42. The van der Waals surface area contributed by atoms with Gasteiger partial charge in [0.05, 0.1) is 0 Å². The highest BCUT2D eigenvalue weighted by atomic mass is 14.9. The normalized spacial score (nSPS) is 92.7. The van der Waals surface area contributed by atoms with Crippen molar-refractivity contribution >= 4 is 0 Å². The van der Waals surface area contributed by atoms with E-state index in [-0.39, 0.29) is 0 Å². The summed E-state index contributed by atoms with van der Waals surface area (Å²) >= 11 is 0. The zero-order chi connectivity index (χ0) is 13.3. The van der Waals surface area contributed by atoms with Crippen LogP contribution in [0, 0.1) is 100 Å². The molecule has 16 atom stereocenters. The maximum atomic E-state index is 1.79. The Morgan fingerprint density at radius 2 is 0.818 bits per heavy atom. The van der Waals surface area contributed by atoms with Gasteiger partial charge in [-0.25, -0.2) is 0 Å². The second-order valence-electron chi connectivity index (χ2n) is 12.1. The summed E-state index contributed by atoms with van der Waals surface area (Å²) in [5, 5.41) is 0. The average Bonchev–Trinajstić information content (AvgIpc) is 3.30. The Hall–Kier alpha value is 0. The quantitative estimate of drug-likeness (QED) is 0.634. The molecule has 0 aromatic rings. The number of hydrogen-bond acceptors (Lipinski definition) is 0. The van der Waals surface area contributed by atoms with Gasteiger partial charge in [-0.05, 0) is 132 Å². The highest BCUT2D eigenvalue weighted by molar-refractivity contribution is 5.37. The molecule has 12 saturated carbocycles. The molecule has 0 aliphatic heterocycles. The zero-order valence-electron chi connectivity index (χ0n) is 13.3. The third-order valence-corrected chi connectivity index (χ3v) is 13.4. The Bertz CT molecular complexity index is 662. The largest absolute Gasteiger partial charge is 0.0465 e. The molecule has 12 fully saturated rings. The molecule has 12 aliphatic rings. The molecule has 0 aromatic carbocycles. The van der Waals surface area contributed by atoms with Gasteiger partial charge in [0, 0.05) is 0 Å². The Kier molecular flexibility index (Phi) is 1.11. The molecule has 0 N–H and O–H groups in total. The maximum Gasteiger partial charge on any atom is -0.0193 e. The first kappa shape index (κ1) is 10.1. The van der Waals surface area contributed by atoms with Crippen LogP contribution >= 0.6 is 0 Å². The van der Waals surface area contributed by atoms with E-state index < -0.39 is 0 Å². The fourth-order valence-electron chi connectivity index (χ4n) is 14.7. The number of rotatable bonds is 0. The van der Waals surface area contributed by atoms with Crippen molar-refractivity contribution in [2.75, 3.05) is 0 Å². The van der Waals surface area contributed by atoms with Gasteiger partial charge in [-0.1, -0.05) is 0 Å². The molecular formula is C22H26. The molecule has 12 rings (SSSR count). The summed E-state index contributed by atoms with van der Waals surface area (Å²) in [4.78, 5) is 0.